The molecule has 0 spiro atoms. The highest BCUT2D eigenvalue weighted by molar-refractivity contribution is 7.20. The van der Waals surface area contributed by atoms with E-state index in [0.29, 0.717) is 23.8 Å². The second kappa shape index (κ2) is 7.05. The minimum absolute atomic E-state index is 0.00540. The zero-order valence-corrected chi connectivity index (χ0v) is 15.3. The third-order valence-corrected chi connectivity index (χ3v) is 5.97. The molecule has 0 bridgehead atoms. The van der Waals surface area contributed by atoms with Gasteiger partial charge in [-0.1, -0.05) is 0 Å². The maximum Gasteiger partial charge on any atom is 0.264 e. The van der Waals surface area contributed by atoms with E-state index in [-0.39, 0.29) is 18.6 Å². The van der Waals surface area contributed by atoms with E-state index < -0.39 is 0 Å². The monoisotopic (exact) mass is 372 g/mol. The van der Waals surface area contributed by atoms with E-state index >= 15 is 0 Å². The Morgan fingerprint density at radius 3 is 3.15 bits per heavy atom. The molecule has 7 nitrogen and oxygen atoms in total. The first kappa shape index (κ1) is 17.0. The Morgan fingerprint density at radius 1 is 1.50 bits per heavy atom. The number of furan rings is 1. The van der Waals surface area contributed by atoms with Gasteiger partial charge in [-0.05, 0) is 37.5 Å². The van der Waals surface area contributed by atoms with Crippen molar-refractivity contribution in [2.75, 3.05) is 18.5 Å². The third-order valence-electron chi connectivity index (χ3n) is 4.78. The van der Waals surface area contributed by atoms with Crippen LogP contribution in [0.2, 0.25) is 0 Å². The lowest BCUT2D eigenvalue weighted by atomic mass is 10.1. The number of carbonyl (C=O) groups is 1. The fourth-order valence-corrected chi connectivity index (χ4v) is 4.52. The number of fused-ring (bicyclic) bond motifs is 1. The first-order chi connectivity index (χ1) is 12.7. The van der Waals surface area contributed by atoms with Crippen LogP contribution in [0, 0.1) is 6.92 Å². The Morgan fingerprint density at radius 2 is 2.38 bits per heavy atom. The molecule has 1 saturated heterocycles. The van der Waals surface area contributed by atoms with E-state index in [2.05, 4.69) is 15.3 Å². The van der Waals surface area contributed by atoms with Gasteiger partial charge in [0.15, 0.2) is 0 Å². The van der Waals surface area contributed by atoms with Gasteiger partial charge < -0.3 is 19.7 Å². The summed E-state index contributed by atoms with van der Waals surface area (Å²) >= 11 is 1.38. The van der Waals surface area contributed by atoms with Crippen LogP contribution in [0.1, 0.15) is 33.8 Å². The largest absolute Gasteiger partial charge is 0.467 e. The summed E-state index contributed by atoms with van der Waals surface area (Å²) in [7, 11) is 0. The van der Waals surface area contributed by atoms with Crippen molar-refractivity contribution in [2.24, 2.45) is 0 Å². The van der Waals surface area contributed by atoms with Crippen molar-refractivity contribution in [1.29, 1.82) is 0 Å². The van der Waals surface area contributed by atoms with E-state index in [1.807, 2.05) is 19.1 Å². The topological polar surface area (TPSA) is 91.5 Å². The zero-order chi connectivity index (χ0) is 18.1. The summed E-state index contributed by atoms with van der Waals surface area (Å²) in [6.45, 7) is 3.13. The van der Waals surface area contributed by atoms with E-state index in [1.165, 1.54) is 17.7 Å². The number of nitrogens with zero attached hydrogens (tertiary/aromatic N) is 3. The number of aryl methyl sites for hydroxylation is 1. The molecule has 0 saturated carbocycles. The predicted octanol–water partition coefficient (Wildman–Crippen LogP) is 2.80. The molecule has 4 heterocycles. The number of rotatable bonds is 5. The molecule has 3 aromatic heterocycles. The second-order valence-electron chi connectivity index (χ2n) is 6.37. The Bertz CT molecular complexity index is 922. The summed E-state index contributed by atoms with van der Waals surface area (Å²) in [6, 6.07) is 3.64. The quantitative estimate of drug-likeness (QED) is 0.716. The molecule has 136 valence electrons. The molecule has 4 rings (SSSR count). The Labute approximate surface area is 154 Å². The van der Waals surface area contributed by atoms with Crippen LogP contribution in [0.3, 0.4) is 0 Å². The molecule has 2 N–H and O–H groups in total. The van der Waals surface area contributed by atoms with Crippen molar-refractivity contribution in [3.05, 3.63) is 40.9 Å². The number of likely N-dealkylation sites (tertiary alicyclic amines) is 1. The molecule has 26 heavy (non-hydrogen) atoms. The van der Waals surface area contributed by atoms with E-state index in [1.54, 1.807) is 11.2 Å². The van der Waals surface area contributed by atoms with Crippen molar-refractivity contribution in [2.45, 2.75) is 32.4 Å². The molecule has 1 aliphatic rings. The van der Waals surface area contributed by atoms with Gasteiger partial charge in [0.05, 0.1) is 35.7 Å². The normalized spacial score (nSPS) is 17.2. The first-order valence-corrected chi connectivity index (χ1v) is 9.43. The predicted molar refractivity (Wildman–Crippen MR) is 99.3 cm³/mol. The molecule has 0 unspecified atom stereocenters. The first-order valence-electron chi connectivity index (χ1n) is 8.61. The molecule has 3 aromatic rings. The lowest BCUT2D eigenvalue weighted by Gasteiger charge is -2.22. The van der Waals surface area contributed by atoms with Crippen LogP contribution in [0.25, 0.3) is 10.2 Å². The van der Waals surface area contributed by atoms with Crippen LogP contribution in [0.4, 0.5) is 5.82 Å². The molecule has 1 amide bonds. The summed E-state index contributed by atoms with van der Waals surface area (Å²) in [5, 5.41) is 13.7. The lowest BCUT2D eigenvalue weighted by Crippen LogP contribution is -2.37. The molecule has 8 heteroatoms. The van der Waals surface area contributed by atoms with Crippen molar-refractivity contribution < 1.29 is 14.3 Å². The Hall–Kier alpha value is -2.45. The number of carbonyl (C=O) groups excluding carboxylic acids is 1. The molecule has 1 fully saturated rings. The summed E-state index contributed by atoms with van der Waals surface area (Å²) in [4.78, 5) is 24.9. The number of aromatic nitrogens is 2. The zero-order valence-electron chi connectivity index (χ0n) is 14.4. The highest BCUT2D eigenvalue weighted by Crippen LogP contribution is 2.35. The van der Waals surface area contributed by atoms with E-state index in [4.69, 9.17) is 4.42 Å². The summed E-state index contributed by atoms with van der Waals surface area (Å²) < 4.78 is 5.34. The van der Waals surface area contributed by atoms with Crippen molar-refractivity contribution in [3.8, 4) is 0 Å². The van der Waals surface area contributed by atoms with Crippen LogP contribution < -0.4 is 5.32 Å². The number of thiophene rings is 1. The number of aliphatic hydroxyl groups is 1. The number of aliphatic hydroxyl groups excluding tert-OH is 1. The highest BCUT2D eigenvalue weighted by atomic mass is 32.1. The van der Waals surface area contributed by atoms with Crippen LogP contribution >= 0.6 is 11.3 Å². The SMILES string of the molecule is Cc1c(C(=O)N2CCC[C@H]2CO)sc2ncnc(NCc3ccco3)c12. The van der Waals surface area contributed by atoms with Crippen molar-refractivity contribution in [1.82, 2.24) is 14.9 Å². The summed E-state index contributed by atoms with van der Waals surface area (Å²) in [5.41, 5.74) is 0.876. The fraction of sp³-hybridized carbons (Fsp3) is 0.389. The molecule has 1 aliphatic heterocycles. The van der Waals surface area contributed by atoms with Gasteiger partial charge in [-0.3, -0.25) is 4.79 Å². The molecule has 0 radical (unpaired) electrons. The van der Waals surface area contributed by atoms with Crippen LogP contribution in [-0.4, -0.2) is 45.1 Å². The highest BCUT2D eigenvalue weighted by Gasteiger charge is 2.31. The minimum atomic E-state index is -0.0882. The number of anilines is 1. The van der Waals surface area contributed by atoms with E-state index in [0.717, 1.165) is 34.4 Å². The third kappa shape index (κ3) is 2.95. The van der Waals surface area contributed by atoms with Gasteiger partial charge in [-0.2, -0.15) is 0 Å². The van der Waals surface area contributed by atoms with Gasteiger partial charge in [0, 0.05) is 6.54 Å². The van der Waals surface area contributed by atoms with Gasteiger partial charge in [0.25, 0.3) is 5.91 Å². The molecular formula is C18H20N4O3S. The Kier molecular flexibility index (Phi) is 4.60. The average Bonchev–Trinajstić information content (AvgIpc) is 3.39. The van der Waals surface area contributed by atoms with Crippen molar-refractivity contribution in [3.63, 3.8) is 0 Å². The van der Waals surface area contributed by atoms with Gasteiger partial charge >= 0.3 is 0 Å². The van der Waals surface area contributed by atoms with Crippen LogP contribution in [-0.2, 0) is 6.54 Å². The second-order valence-corrected chi connectivity index (χ2v) is 7.37. The standard InChI is InChI=1S/C18H20N4O3S/c1-11-14-16(19-8-13-5-3-7-25-13)20-10-21-17(14)26-15(11)18(24)22-6-2-4-12(22)9-23/h3,5,7,10,12,23H,2,4,6,8-9H2,1H3,(H,19,20,21)/t12-/m0/s1. The summed E-state index contributed by atoms with van der Waals surface area (Å²) in [6.07, 6.45) is 4.91. The average molecular weight is 372 g/mol. The Balaban J connectivity index is 1.66. The van der Waals surface area contributed by atoms with Gasteiger partial charge in [-0.25, -0.2) is 9.97 Å². The number of hydrogen-bond acceptors (Lipinski definition) is 7. The van der Waals surface area contributed by atoms with Gasteiger partial charge in [0.1, 0.15) is 22.7 Å². The lowest BCUT2D eigenvalue weighted by molar-refractivity contribution is 0.0682. The van der Waals surface area contributed by atoms with Crippen LogP contribution in [0.5, 0.6) is 0 Å². The maximum absolute atomic E-state index is 13.0. The molecule has 1 atom stereocenters. The van der Waals surface area contributed by atoms with Crippen molar-refractivity contribution >= 4 is 33.3 Å². The van der Waals surface area contributed by atoms with Gasteiger partial charge in [-0.15, -0.1) is 11.3 Å². The van der Waals surface area contributed by atoms with E-state index in [9.17, 15) is 9.90 Å². The number of hydrogen-bond donors (Lipinski definition) is 2. The minimum Gasteiger partial charge on any atom is -0.467 e. The fourth-order valence-electron chi connectivity index (χ4n) is 3.42. The van der Waals surface area contributed by atoms with Gasteiger partial charge in [0.2, 0.25) is 0 Å². The number of amides is 1. The van der Waals surface area contributed by atoms with Crippen LogP contribution in [0.15, 0.2) is 29.1 Å². The maximum atomic E-state index is 13.0. The summed E-state index contributed by atoms with van der Waals surface area (Å²) in [5.74, 6) is 1.47. The molecular weight excluding hydrogens is 352 g/mol. The number of nitrogens with one attached hydrogen (secondary N) is 1. The smallest absolute Gasteiger partial charge is 0.264 e. The molecule has 0 aromatic carbocycles. The molecule has 0 aliphatic carbocycles.